The summed E-state index contributed by atoms with van der Waals surface area (Å²) in [6, 6.07) is 5.66. The summed E-state index contributed by atoms with van der Waals surface area (Å²) in [7, 11) is -4.07. The number of hydrogen-bond donors (Lipinski definition) is 2. The first-order valence-corrected chi connectivity index (χ1v) is 7.31. The second-order valence-corrected chi connectivity index (χ2v) is 6.03. The Morgan fingerprint density at radius 3 is 2.52 bits per heavy atom. The number of nitro benzene ring substituents is 1. The normalized spacial score (nSPS) is 11.1. The van der Waals surface area contributed by atoms with Gasteiger partial charge >= 0.3 is 0 Å². The zero-order valence-corrected chi connectivity index (χ0v) is 11.8. The quantitative estimate of drug-likeness (QED) is 0.653. The van der Waals surface area contributed by atoms with Gasteiger partial charge in [0.1, 0.15) is 10.6 Å². The van der Waals surface area contributed by atoms with Crippen molar-refractivity contribution >= 4 is 33.0 Å². The summed E-state index contributed by atoms with van der Waals surface area (Å²) in [5.74, 6) is 0. The van der Waals surface area contributed by atoms with E-state index in [0.29, 0.717) is 0 Å². The topological polar surface area (TPSA) is 122 Å². The van der Waals surface area contributed by atoms with Crippen LogP contribution in [0.5, 0.6) is 0 Å². The Morgan fingerprint density at radius 2 is 1.95 bits per heavy atom. The molecule has 0 radical (unpaired) electrons. The molecular weight excluding hydrogens is 322 g/mol. The van der Waals surface area contributed by atoms with Crippen LogP contribution in [0, 0.1) is 10.1 Å². The molecule has 0 unspecified atom stereocenters. The molecule has 0 saturated heterocycles. The first-order valence-electron chi connectivity index (χ1n) is 5.45. The largest absolute Gasteiger partial charge is 0.328 e. The molecule has 0 bridgehead atoms. The minimum Gasteiger partial charge on any atom is -0.328 e. The molecule has 1 aromatic heterocycles. The molecule has 0 aliphatic carbocycles. The minimum atomic E-state index is -4.07. The molecule has 21 heavy (non-hydrogen) atoms. The average Bonchev–Trinajstić information content (AvgIpc) is 2.41. The highest BCUT2D eigenvalue weighted by molar-refractivity contribution is 7.92. The minimum absolute atomic E-state index is 0.105. The summed E-state index contributed by atoms with van der Waals surface area (Å²) < 4.78 is 26.2. The highest BCUT2D eigenvalue weighted by Crippen LogP contribution is 2.29. The van der Waals surface area contributed by atoms with E-state index in [1.165, 1.54) is 12.1 Å². The van der Waals surface area contributed by atoms with Crippen LogP contribution in [0.25, 0.3) is 0 Å². The summed E-state index contributed by atoms with van der Waals surface area (Å²) in [6.45, 7) is 0. The number of anilines is 1. The van der Waals surface area contributed by atoms with Gasteiger partial charge in [-0.25, -0.2) is 8.42 Å². The molecule has 0 fully saturated rings. The Morgan fingerprint density at radius 1 is 1.24 bits per heavy atom. The Labute approximate surface area is 123 Å². The van der Waals surface area contributed by atoms with E-state index in [9.17, 15) is 23.3 Å². The summed E-state index contributed by atoms with van der Waals surface area (Å²) in [4.78, 5) is 23.0. The van der Waals surface area contributed by atoms with Crippen LogP contribution in [-0.4, -0.2) is 18.3 Å². The number of halogens is 1. The van der Waals surface area contributed by atoms with E-state index in [2.05, 4.69) is 9.71 Å². The highest BCUT2D eigenvalue weighted by Gasteiger charge is 2.21. The van der Waals surface area contributed by atoms with E-state index in [0.717, 1.165) is 24.4 Å². The summed E-state index contributed by atoms with van der Waals surface area (Å²) >= 11 is 5.65. The predicted octanol–water partition coefficient (Wildman–Crippen LogP) is 1.74. The zero-order valence-electron chi connectivity index (χ0n) is 10.2. The first kappa shape index (κ1) is 15.0. The monoisotopic (exact) mass is 329 g/mol. The lowest BCUT2D eigenvalue weighted by Crippen LogP contribution is -2.16. The van der Waals surface area contributed by atoms with Crippen LogP contribution in [0.4, 0.5) is 11.4 Å². The van der Waals surface area contributed by atoms with Crippen molar-refractivity contribution in [1.29, 1.82) is 0 Å². The molecule has 2 aromatic rings. The van der Waals surface area contributed by atoms with Gasteiger partial charge in [0, 0.05) is 23.4 Å². The fourth-order valence-corrected chi connectivity index (χ4v) is 2.72. The molecule has 0 aliphatic rings. The molecule has 110 valence electrons. The van der Waals surface area contributed by atoms with Crippen molar-refractivity contribution in [3.05, 3.63) is 62.0 Å². The van der Waals surface area contributed by atoms with Gasteiger partial charge < -0.3 is 4.98 Å². The van der Waals surface area contributed by atoms with Crippen LogP contribution in [0.1, 0.15) is 0 Å². The van der Waals surface area contributed by atoms with Crippen LogP contribution in [0.15, 0.2) is 46.2 Å². The van der Waals surface area contributed by atoms with E-state index < -0.39 is 26.2 Å². The van der Waals surface area contributed by atoms with Gasteiger partial charge in [0.25, 0.3) is 15.7 Å². The van der Waals surface area contributed by atoms with Crippen LogP contribution >= 0.6 is 11.6 Å². The van der Waals surface area contributed by atoms with Crippen LogP contribution in [0.3, 0.4) is 0 Å². The number of H-pyrrole nitrogens is 1. The van der Waals surface area contributed by atoms with E-state index in [1.54, 1.807) is 0 Å². The second kappa shape index (κ2) is 5.54. The van der Waals surface area contributed by atoms with Crippen LogP contribution in [-0.2, 0) is 10.0 Å². The zero-order chi connectivity index (χ0) is 15.6. The smallest absolute Gasteiger partial charge is 0.294 e. The van der Waals surface area contributed by atoms with Crippen molar-refractivity contribution in [2.24, 2.45) is 0 Å². The number of hydrogen-bond acceptors (Lipinski definition) is 5. The molecule has 0 saturated carbocycles. The lowest BCUT2D eigenvalue weighted by molar-refractivity contribution is -0.383. The summed E-state index contributed by atoms with van der Waals surface area (Å²) in [6.07, 6.45) is 0.992. The van der Waals surface area contributed by atoms with Crippen molar-refractivity contribution in [3.8, 4) is 0 Å². The number of sulfonamides is 1. The number of nitrogens with one attached hydrogen (secondary N) is 2. The number of nitrogens with zero attached hydrogens (tertiary/aromatic N) is 1. The Kier molecular flexibility index (Phi) is 3.96. The first-order chi connectivity index (χ1) is 9.79. The lowest BCUT2D eigenvalue weighted by Gasteiger charge is -2.08. The highest BCUT2D eigenvalue weighted by atomic mass is 35.5. The number of benzene rings is 1. The standard InChI is InChI=1S/C11H8ClN3O5S/c12-7-1-3-9(10(5-7)15(17)18)14-21(19,20)8-2-4-11(16)13-6-8/h1-6,14H,(H,13,16). The number of aromatic amines is 1. The Hall–Kier alpha value is -2.39. The maximum Gasteiger partial charge on any atom is 0.294 e. The number of pyridine rings is 1. The van der Waals surface area contributed by atoms with Crippen molar-refractivity contribution < 1.29 is 13.3 Å². The van der Waals surface area contributed by atoms with Gasteiger partial charge in [0.2, 0.25) is 5.56 Å². The third kappa shape index (κ3) is 3.38. The van der Waals surface area contributed by atoms with Crippen molar-refractivity contribution in [2.45, 2.75) is 4.90 Å². The lowest BCUT2D eigenvalue weighted by atomic mass is 10.3. The molecular formula is C11H8ClN3O5S. The molecule has 1 heterocycles. The summed E-state index contributed by atoms with van der Waals surface area (Å²) in [5.41, 5.74) is -1.17. The van der Waals surface area contributed by atoms with Crippen LogP contribution < -0.4 is 10.3 Å². The Bertz CT molecular complexity index is 842. The predicted molar refractivity (Wildman–Crippen MR) is 76.0 cm³/mol. The molecule has 0 amide bonds. The average molecular weight is 330 g/mol. The van der Waals surface area contributed by atoms with Crippen molar-refractivity contribution in [3.63, 3.8) is 0 Å². The van der Waals surface area contributed by atoms with Gasteiger partial charge in [0.15, 0.2) is 0 Å². The maximum absolute atomic E-state index is 12.1. The maximum atomic E-state index is 12.1. The van der Waals surface area contributed by atoms with E-state index in [-0.39, 0.29) is 15.6 Å². The van der Waals surface area contributed by atoms with E-state index in [1.807, 2.05) is 0 Å². The van der Waals surface area contributed by atoms with Crippen molar-refractivity contribution in [1.82, 2.24) is 4.98 Å². The second-order valence-electron chi connectivity index (χ2n) is 3.91. The SMILES string of the molecule is O=c1ccc(S(=O)(=O)Nc2ccc(Cl)cc2[N+](=O)[O-])c[nH]1. The van der Waals surface area contributed by atoms with Gasteiger partial charge in [-0.1, -0.05) is 11.6 Å². The fourth-order valence-electron chi connectivity index (χ4n) is 1.51. The Balaban J connectivity index is 2.44. The molecule has 0 spiro atoms. The fraction of sp³-hybridized carbons (Fsp3) is 0. The summed E-state index contributed by atoms with van der Waals surface area (Å²) in [5, 5.41) is 11.0. The molecule has 8 nitrogen and oxygen atoms in total. The molecule has 0 atom stereocenters. The molecule has 10 heteroatoms. The van der Waals surface area contributed by atoms with Gasteiger partial charge in [0.05, 0.1) is 4.92 Å². The molecule has 1 aromatic carbocycles. The number of aromatic nitrogens is 1. The molecule has 2 rings (SSSR count). The van der Waals surface area contributed by atoms with Crippen molar-refractivity contribution in [2.75, 3.05) is 4.72 Å². The van der Waals surface area contributed by atoms with Gasteiger partial charge in [-0.15, -0.1) is 0 Å². The molecule has 0 aliphatic heterocycles. The third-order valence-corrected chi connectivity index (χ3v) is 4.07. The van der Waals surface area contributed by atoms with Gasteiger partial charge in [-0.05, 0) is 18.2 Å². The van der Waals surface area contributed by atoms with E-state index in [4.69, 9.17) is 11.6 Å². The third-order valence-electron chi connectivity index (χ3n) is 2.47. The van der Waals surface area contributed by atoms with Crippen LogP contribution in [0.2, 0.25) is 5.02 Å². The van der Waals surface area contributed by atoms with Gasteiger partial charge in [-0.2, -0.15) is 0 Å². The van der Waals surface area contributed by atoms with Gasteiger partial charge in [-0.3, -0.25) is 19.6 Å². The number of nitro groups is 1. The number of rotatable bonds is 4. The molecule has 2 N–H and O–H groups in total. The van der Waals surface area contributed by atoms with E-state index >= 15 is 0 Å².